The van der Waals surface area contributed by atoms with Crippen molar-refractivity contribution >= 4 is 5.97 Å². The number of ether oxygens (including phenoxy) is 3. The molecule has 0 saturated carbocycles. The molecule has 3 aliphatic rings. The van der Waals surface area contributed by atoms with Crippen molar-refractivity contribution in [1.29, 1.82) is 0 Å². The first-order chi connectivity index (χ1) is 17.8. The van der Waals surface area contributed by atoms with Crippen LogP contribution < -0.4 is 14.2 Å². The van der Waals surface area contributed by atoms with Gasteiger partial charge in [-0.05, 0) is 90.3 Å². The van der Waals surface area contributed by atoms with Crippen LogP contribution in [0.25, 0.3) is 11.1 Å². The molecular weight excluding hydrogens is 473 g/mol. The second kappa shape index (κ2) is 9.06. The molecule has 6 nitrogen and oxygen atoms in total. The average Bonchev–Trinajstić information content (AvgIpc) is 3.53. The number of carboxylic acid groups (broad SMARTS) is 1. The number of fused-ring (bicyclic) bond motifs is 3. The first kappa shape index (κ1) is 23.8. The highest BCUT2D eigenvalue weighted by molar-refractivity contribution is 5.83. The number of nitrogens with zero attached hydrogens (tertiary/aromatic N) is 1. The van der Waals surface area contributed by atoms with Crippen LogP contribution >= 0.6 is 0 Å². The molecular formula is C30H30FNO5. The number of carbonyl (C=O) groups is 1. The topological polar surface area (TPSA) is 68.2 Å². The first-order valence-corrected chi connectivity index (χ1v) is 12.7. The summed E-state index contributed by atoms with van der Waals surface area (Å²) in [5.41, 5.74) is 9.68. The minimum Gasteiger partial charge on any atom is -0.490 e. The summed E-state index contributed by atoms with van der Waals surface area (Å²) in [6.45, 7) is 8.93. The SMILES string of the molecule is Cc1c(-c2c(C)c3c(c(C)c2CC(=O)O)CN(Cc2cccc4c2OCO4)C3)cc(F)c2c1CCCO2. The molecule has 3 aliphatic heterocycles. The Bertz CT molecular complexity index is 1450. The monoisotopic (exact) mass is 503 g/mol. The fourth-order valence-corrected chi connectivity index (χ4v) is 6.25. The van der Waals surface area contributed by atoms with E-state index in [0.29, 0.717) is 25.4 Å². The van der Waals surface area contributed by atoms with Crippen LogP contribution in [0.4, 0.5) is 4.39 Å². The summed E-state index contributed by atoms with van der Waals surface area (Å²) < 4.78 is 32.2. The van der Waals surface area contributed by atoms with Gasteiger partial charge in [0, 0.05) is 30.8 Å². The first-order valence-electron chi connectivity index (χ1n) is 12.7. The maximum absolute atomic E-state index is 15.2. The summed E-state index contributed by atoms with van der Waals surface area (Å²) in [5, 5.41) is 9.82. The highest BCUT2D eigenvalue weighted by Gasteiger charge is 2.31. The molecule has 6 rings (SSSR count). The number of carboxylic acids is 1. The number of halogens is 1. The van der Waals surface area contributed by atoms with E-state index in [1.54, 1.807) is 0 Å². The van der Waals surface area contributed by atoms with Crippen LogP contribution in [0.1, 0.15) is 50.9 Å². The lowest BCUT2D eigenvalue weighted by atomic mass is 9.81. The Morgan fingerprint density at radius 3 is 2.57 bits per heavy atom. The fraction of sp³-hybridized carbons (Fsp3) is 0.367. The molecule has 0 spiro atoms. The molecule has 0 unspecified atom stereocenters. The van der Waals surface area contributed by atoms with E-state index < -0.39 is 5.97 Å². The zero-order valence-corrected chi connectivity index (χ0v) is 21.4. The van der Waals surface area contributed by atoms with Crippen molar-refractivity contribution in [2.24, 2.45) is 0 Å². The van der Waals surface area contributed by atoms with Crippen molar-refractivity contribution in [3.63, 3.8) is 0 Å². The second-order valence-corrected chi connectivity index (χ2v) is 10.2. The van der Waals surface area contributed by atoms with Gasteiger partial charge in [-0.15, -0.1) is 0 Å². The van der Waals surface area contributed by atoms with E-state index in [9.17, 15) is 9.90 Å². The van der Waals surface area contributed by atoms with E-state index >= 15 is 4.39 Å². The van der Waals surface area contributed by atoms with Gasteiger partial charge in [0.25, 0.3) is 0 Å². The van der Waals surface area contributed by atoms with Crippen molar-refractivity contribution in [2.75, 3.05) is 13.4 Å². The molecule has 0 saturated heterocycles. The minimum atomic E-state index is -0.894. The number of rotatable bonds is 5. The Morgan fingerprint density at radius 1 is 1.00 bits per heavy atom. The van der Waals surface area contributed by atoms with Gasteiger partial charge in [-0.1, -0.05) is 12.1 Å². The highest BCUT2D eigenvalue weighted by Crippen LogP contribution is 2.45. The molecule has 0 aromatic heterocycles. The minimum absolute atomic E-state index is 0.110. The lowest BCUT2D eigenvalue weighted by molar-refractivity contribution is -0.136. The van der Waals surface area contributed by atoms with Crippen LogP contribution in [0.2, 0.25) is 0 Å². The van der Waals surface area contributed by atoms with Crippen LogP contribution in [-0.4, -0.2) is 29.4 Å². The van der Waals surface area contributed by atoms with E-state index in [4.69, 9.17) is 14.2 Å². The van der Waals surface area contributed by atoms with Gasteiger partial charge in [0.1, 0.15) is 0 Å². The molecule has 3 aromatic carbocycles. The van der Waals surface area contributed by atoms with Crippen LogP contribution in [0.15, 0.2) is 24.3 Å². The van der Waals surface area contributed by atoms with Crippen LogP contribution in [-0.2, 0) is 37.3 Å². The molecule has 0 aliphatic carbocycles. The number of hydrogen-bond donors (Lipinski definition) is 1. The predicted molar refractivity (Wildman–Crippen MR) is 137 cm³/mol. The second-order valence-electron chi connectivity index (χ2n) is 10.2. The standard InChI is InChI=1S/C30H30FNO5/c1-16-20-7-5-9-35-30(20)25(31)10-21(16)28-18(3)24-14-32(13-23(24)17(2)22(28)11-27(33)34)12-19-6-4-8-26-29(19)37-15-36-26/h4,6,8,10H,5,7,9,11-15H2,1-3H3,(H,33,34). The van der Waals surface area contributed by atoms with E-state index in [0.717, 1.165) is 75.4 Å². The van der Waals surface area contributed by atoms with Gasteiger partial charge in [0.05, 0.1) is 13.0 Å². The quantitative estimate of drug-likeness (QED) is 0.488. The Morgan fingerprint density at radius 2 is 1.78 bits per heavy atom. The zero-order chi connectivity index (χ0) is 25.8. The molecule has 7 heteroatoms. The number of hydrogen-bond acceptors (Lipinski definition) is 5. The van der Waals surface area contributed by atoms with E-state index in [1.807, 2.05) is 32.9 Å². The Labute approximate surface area is 215 Å². The fourth-order valence-electron chi connectivity index (χ4n) is 6.25. The van der Waals surface area contributed by atoms with Crippen LogP contribution in [0.3, 0.4) is 0 Å². The van der Waals surface area contributed by atoms with Crippen LogP contribution in [0, 0.1) is 26.6 Å². The third-order valence-corrected chi connectivity index (χ3v) is 8.07. The van der Waals surface area contributed by atoms with E-state index in [2.05, 4.69) is 11.0 Å². The molecule has 0 fully saturated rings. The third-order valence-electron chi connectivity index (χ3n) is 8.07. The third kappa shape index (κ3) is 3.93. The summed E-state index contributed by atoms with van der Waals surface area (Å²) in [7, 11) is 0. The average molecular weight is 504 g/mol. The maximum Gasteiger partial charge on any atom is 0.307 e. The highest BCUT2D eigenvalue weighted by atomic mass is 19.1. The van der Waals surface area contributed by atoms with Crippen molar-refractivity contribution in [1.82, 2.24) is 4.90 Å². The zero-order valence-electron chi connectivity index (χ0n) is 21.4. The predicted octanol–water partition coefficient (Wildman–Crippen LogP) is 5.61. The lowest BCUT2D eigenvalue weighted by Crippen LogP contribution is -2.16. The molecule has 192 valence electrons. The molecule has 0 amide bonds. The normalized spacial score (nSPS) is 15.9. The van der Waals surface area contributed by atoms with Gasteiger partial charge in [0.2, 0.25) is 6.79 Å². The van der Waals surface area contributed by atoms with Gasteiger partial charge in [0.15, 0.2) is 23.1 Å². The summed E-state index contributed by atoms with van der Waals surface area (Å²) in [4.78, 5) is 14.3. The van der Waals surface area contributed by atoms with Crippen molar-refractivity contribution in [3.8, 4) is 28.4 Å². The van der Waals surface area contributed by atoms with Crippen LogP contribution in [0.5, 0.6) is 17.2 Å². The van der Waals surface area contributed by atoms with Crippen molar-refractivity contribution in [2.45, 2.75) is 59.7 Å². The molecule has 1 N–H and O–H groups in total. The molecule has 3 heterocycles. The van der Waals surface area contributed by atoms with Gasteiger partial charge in [-0.3, -0.25) is 9.69 Å². The van der Waals surface area contributed by atoms with Gasteiger partial charge in [-0.2, -0.15) is 0 Å². The number of benzene rings is 3. The van der Waals surface area contributed by atoms with Crippen molar-refractivity contribution < 1.29 is 28.5 Å². The lowest BCUT2D eigenvalue weighted by Gasteiger charge is -2.25. The van der Waals surface area contributed by atoms with E-state index in [-0.39, 0.29) is 19.0 Å². The van der Waals surface area contributed by atoms with E-state index in [1.165, 1.54) is 17.2 Å². The molecule has 0 bridgehead atoms. The van der Waals surface area contributed by atoms with Crippen molar-refractivity contribution in [3.05, 3.63) is 74.6 Å². The summed E-state index contributed by atoms with van der Waals surface area (Å²) >= 11 is 0. The molecule has 37 heavy (non-hydrogen) atoms. The molecule has 0 radical (unpaired) electrons. The van der Waals surface area contributed by atoms with Gasteiger partial charge >= 0.3 is 5.97 Å². The number of para-hydroxylation sites is 1. The Balaban J connectivity index is 1.45. The maximum atomic E-state index is 15.2. The number of aliphatic carboxylic acids is 1. The Kier molecular flexibility index (Phi) is 5.83. The summed E-state index contributed by atoms with van der Waals surface area (Å²) in [6, 6.07) is 7.48. The largest absolute Gasteiger partial charge is 0.490 e. The molecule has 0 atom stereocenters. The summed E-state index contributed by atoms with van der Waals surface area (Å²) in [5.74, 6) is 0.629. The summed E-state index contributed by atoms with van der Waals surface area (Å²) in [6.07, 6.45) is 1.49. The van der Waals surface area contributed by atoms with Gasteiger partial charge in [-0.25, -0.2) is 4.39 Å². The smallest absolute Gasteiger partial charge is 0.307 e. The molecule has 3 aromatic rings. The Hall–Kier alpha value is -3.58. The van der Waals surface area contributed by atoms with Gasteiger partial charge < -0.3 is 19.3 Å².